The van der Waals surface area contributed by atoms with E-state index >= 15 is 0 Å². The largest absolute Gasteiger partial charge is 0.439 e. The molecule has 0 radical (unpaired) electrons. The van der Waals surface area contributed by atoms with E-state index in [0.29, 0.717) is 16.2 Å². The first-order chi connectivity index (χ1) is 9.85. The van der Waals surface area contributed by atoms with Crippen molar-refractivity contribution in [1.82, 2.24) is 4.98 Å². The Bertz CT molecular complexity index is 631. The summed E-state index contributed by atoms with van der Waals surface area (Å²) in [6, 6.07) is 15.3. The van der Waals surface area contributed by atoms with E-state index in [1.807, 2.05) is 41.7 Å². The zero-order chi connectivity index (χ0) is 13.8. The molecule has 0 bridgehead atoms. The fourth-order valence-electron chi connectivity index (χ4n) is 1.90. The number of hydrogen-bond acceptors (Lipinski definition) is 5. The van der Waals surface area contributed by atoms with Gasteiger partial charge in [-0.2, -0.15) is 5.26 Å². The summed E-state index contributed by atoms with van der Waals surface area (Å²) < 4.78 is 6.21. The molecule has 2 aromatic rings. The summed E-state index contributed by atoms with van der Waals surface area (Å²) in [6.45, 7) is 0. The van der Waals surface area contributed by atoms with Crippen molar-refractivity contribution < 1.29 is 4.74 Å². The van der Waals surface area contributed by atoms with Gasteiger partial charge in [0.15, 0.2) is 0 Å². The van der Waals surface area contributed by atoms with Crippen molar-refractivity contribution in [2.45, 2.75) is 4.58 Å². The third kappa shape index (κ3) is 3.09. The molecule has 3 rings (SSSR count). The van der Waals surface area contributed by atoms with Crippen molar-refractivity contribution >= 4 is 23.5 Å². The van der Waals surface area contributed by atoms with Gasteiger partial charge in [-0.05, 0) is 23.8 Å². The highest BCUT2D eigenvalue weighted by Crippen LogP contribution is 2.45. The molecule has 5 heteroatoms. The lowest BCUT2D eigenvalue weighted by Crippen LogP contribution is -1.91. The Kier molecular flexibility index (Phi) is 4.14. The number of nitriles is 1. The Hall–Kier alpha value is -1.64. The summed E-state index contributed by atoms with van der Waals surface area (Å²) in [4.78, 5) is 4.09. The number of rotatable bonds is 3. The van der Waals surface area contributed by atoms with Crippen LogP contribution < -0.4 is 4.74 Å². The van der Waals surface area contributed by atoms with Crippen LogP contribution in [0.1, 0.15) is 15.8 Å². The molecule has 100 valence electrons. The topological polar surface area (TPSA) is 45.9 Å². The fourth-order valence-corrected chi connectivity index (χ4v) is 4.76. The first-order valence-electron chi connectivity index (χ1n) is 6.23. The lowest BCUT2D eigenvalue weighted by atomic mass is 10.2. The summed E-state index contributed by atoms with van der Waals surface area (Å²) >= 11 is 3.97. The van der Waals surface area contributed by atoms with E-state index in [9.17, 15) is 0 Å². The second-order valence-corrected chi connectivity index (χ2v) is 6.94. The Morgan fingerprint density at radius 1 is 1.10 bits per heavy atom. The van der Waals surface area contributed by atoms with Crippen LogP contribution >= 0.6 is 23.5 Å². The zero-order valence-corrected chi connectivity index (χ0v) is 12.3. The van der Waals surface area contributed by atoms with Gasteiger partial charge in [-0.3, -0.25) is 0 Å². The van der Waals surface area contributed by atoms with Gasteiger partial charge in [0, 0.05) is 17.6 Å². The zero-order valence-electron chi connectivity index (χ0n) is 10.7. The van der Waals surface area contributed by atoms with Gasteiger partial charge in [-0.25, -0.2) is 4.98 Å². The highest BCUT2D eigenvalue weighted by Gasteiger charge is 2.17. The van der Waals surface area contributed by atoms with Crippen LogP contribution in [0.15, 0.2) is 42.5 Å². The van der Waals surface area contributed by atoms with Crippen LogP contribution in [0.3, 0.4) is 0 Å². The molecule has 1 aromatic heterocycles. The summed E-state index contributed by atoms with van der Waals surface area (Å²) in [5, 5.41) is 8.81. The molecule has 20 heavy (non-hydrogen) atoms. The number of hydrogen-bond donors (Lipinski definition) is 0. The van der Waals surface area contributed by atoms with Crippen LogP contribution in [-0.2, 0) is 0 Å². The monoisotopic (exact) mass is 300 g/mol. The summed E-state index contributed by atoms with van der Waals surface area (Å²) in [5.41, 5.74) is 1.68. The fraction of sp³-hybridized carbons (Fsp3) is 0.200. The lowest BCUT2D eigenvalue weighted by Gasteiger charge is -2.09. The average molecular weight is 300 g/mol. The Morgan fingerprint density at radius 2 is 1.85 bits per heavy atom. The first kappa shape index (κ1) is 13.3. The second-order valence-electron chi connectivity index (χ2n) is 4.22. The van der Waals surface area contributed by atoms with E-state index in [0.717, 1.165) is 5.75 Å². The smallest absolute Gasteiger partial charge is 0.220 e. The van der Waals surface area contributed by atoms with E-state index in [2.05, 4.69) is 17.1 Å². The van der Waals surface area contributed by atoms with E-state index in [4.69, 9.17) is 10.00 Å². The molecule has 1 aliphatic rings. The summed E-state index contributed by atoms with van der Waals surface area (Å²) in [5.74, 6) is 3.63. The number of pyridine rings is 1. The highest BCUT2D eigenvalue weighted by atomic mass is 32.2. The minimum absolute atomic E-state index is 0.359. The predicted molar refractivity (Wildman–Crippen MR) is 83.1 cm³/mol. The van der Waals surface area contributed by atoms with Crippen molar-refractivity contribution in [3.8, 4) is 17.7 Å². The predicted octanol–water partition coefficient (Wildman–Crippen LogP) is 4.22. The SMILES string of the molecule is N#Cc1cccc(Oc2ccc(C3SCCS3)cc2)n1. The van der Waals surface area contributed by atoms with E-state index in [1.54, 1.807) is 18.2 Å². The van der Waals surface area contributed by atoms with E-state index < -0.39 is 0 Å². The van der Waals surface area contributed by atoms with Crippen LogP contribution in [-0.4, -0.2) is 16.5 Å². The Balaban J connectivity index is 1.73. The van der Waals surface area contributed by atoms with Gasteiger partial charge in [-0.15, -0.1) is 23.5 Å². The third-order valence-corrected chi connectivity index (χ3v) is 5.94. The molecule has 3 nitrogen and oxygen atoms in total. The molecule has 1 saturated heterocycles. The van der Waals surface area contributed by atoms with Crippen molar-refractivity contribution in [1.29, 1.82) is 5.26 Å². The highest BCUT2D eigenvalue weighted by molar-refractivity contribution is 8.19. The van der Waals surface area contributed by atoms with Crippen LogP contribution in [0, 0.1) is 11.3 Å². The van der Waals surface area contributed by atoms with Gasteiger partial charge in [0.25, 0.3) is 0 Å². The number of nitrogens with zero attached hydrogens (tertiary/aromatic N) is 2. The van der Waals surface area contributed by atoms with Gasteiger partial charge in [0.1, 0.15) is 17.5 Å². The van der Waals surface area contributed by atoms with E-state index in [1.165, 1.54) is 17.1 Å². The van der Waals surface area contributed by atoms with Crippen molar-refractivity contribution in [2.75, 3.05) is 11.5 Å². The number of ether oxygens (including phenoxy) is 1. The molecule has 1 aromatic carbocycles. The van der Waals surface area contributed by atoms with Crippen molar-refractivity contribution in [2.24, 2.45) is 0 Å². The van der Waals surface area contributed by atoms with Gasteiger partial charge in [0.05, 0.1) is 4.58 Å². The van der Waals surface area contributed by atoms with Crippen LogP contribution in [0.2, 0.25) is 0 Å². The molecular weight excluding hydrogens is 288 g/mol. The molecule has 0 aliphatic carbocycles. The van der Waals surface area contributed by atoms with Crippen LogP contribution in [0.4, 0.5) is 0 Å². The second kappa shape index (κ2) is 6.21. The maximum absolute atomic E-state index is 8.81. The van der Waals surface area contributed by atoms with E-state index in [-0.39, 0.29) is 0 Å². The Labute approximate surface area is 126 Å². The first-order valence-corrected chi connectivity index (χ1v) is 8.33. The molecule has 0 saturated carbocycles. The molecule has 0 N–H and O–H groups in total. The number of aromatic nitrogens is 1. The minimum Gasteiger partial charge on any atom is -0.439 e. The van der Waals surface area contributed by atoms with Crippen LogP contribution in [0.25, 0.3) is 0 Å². The third-order valence-electron chi connectivity index (χ3n) is 2.83. The van der Waals surface area contributed by atoms with Crippen LogP contribution in [0.5, 0.6) is 11.6 Å². The van der Waals surface area contributed by atoms with Gasteiger partial charge in [0.2, 0.25) is 5.88 Å². The number of thioether (sulfide) groups is 2. The maximum atomic E-state index is 8.81. The quantitative estimate of drug-likeness (QED) is 0.849. The molecule has 0 amide bonds. The van der Waals surface area contributed by atoms with Gasteiger partial charge in [-0.1, -0.05) is 18.2 Å². The van der Waals surface area contributed by atoms with Crippen molar-refractivity contribution in [3.63, 3.8) is 0 Å². The van der Waals surface area contributed by atoms with Gasteiger partial charge < -0.3 is 4.74 Å². The molecule has 1 aliphatic heterocycles. The lowest BCUT2D eigenvalue weighted by molar-refractivity contribution is 0.462. The minimum atomic E-state index is 0.359. The Morgan fingerprint density at radius 3 is 2.55 bits per heavy atom. The molecular formula is C15H12N2OS2. The standard InChI is InChI=1S/C15H12N2OS2/c16-10-12-2-1-3-14(17-12)18-13-6-4-11(5-7-13)15-19-8-9-20-15/h1-7,15H,8-9H2. The number of benzene rings is 1. The molecule has 1 fully saturated rings. The summed E-state index contributed by atoms with van der Waals surface area (Å²) in [6.07, 6.45) is 0. The normalized spacial score (nSPS) is 14.9. The molecule has 0 spiro atoms. The average Bonchev–Trinajstić information content (AvgIpc) is 3.02. The van der Waals surface area contributed by atoms with Crippen molar-refractivity contribution in [3.05, 3.63) is 53.7 Å². The molecule has 0 atom stereocenters. The summed E-state index contributed by atoms with van der Waals surface area (Å²) in [7, 11) is 0. The van der Waals surface area contributed by atoms with Gasteiger partial charge >= 0.3 is 0 Å². The molecule has 0 unspecified atom stereocenters. The maximum Gasteiger partial charge on any atom is 0.220 e. The molecule has 2 heterocycles.